The second kappa shape index (κ2) is 7.90. The number of hydrogen-bond acceptors (Lipinski definition) is 4. The monoisotopic (exact) mass is 379 g/mol. The lowest BCUT2D eigenvalue weighted by molar-refractivity contribution is -0.116. The fourth-order valence-corrected chi connectivity index (χ4v) is 3.71. The fourth-order valence-electron chi connectivity index (χ4n) is 3.71. The highest BCUT2D eigenvalue weighted by atomic mass is 16.2. The van der Waals surface area contributed by atoms with Gasteiger partial charge < -0.3 is 20.1 Å². The first kappa shape index (κ1) is 18.3. The van der Waals surface area contributed by atoms with Crippen molar-refractivity contribution in [3.63, 3.8) is 0 Å². The number of amides is 1. The average Bonchev–Trinajstić information content (AvgIpc) is 3.03. The summed E-state index contributed by atoms with van der Waals surface area (Å²) in [7, 11) is 0. The Bertz CT molecular complexity index is 1030. The van der Waals surface area contributed by atoms with Crippen LogP contribution in [-0.4, -0.2) is 53.1 Å². The van der Waals surface area contributed by atoms with Crippen LogP contribution in [0.1, 0.15) is 6.92 Å². The second-order valence-electron chi connectivity index (χ2n) is 7.05. The van der Waals surface area contributed by atoms with Gasteiger partial charge in [-0.05, 0) is 36.9 Å². The van der Waals surface area contributed by atoms with Gasteiger partial charge in [-0.1, -0.05) is 25.1 Å². The smallest absolute Gasteiger partial charge is 0.326 e. The molecule has 146 valence electrons. The van der Waals surface area contributed by atoms with Crippen molar-refractivity contribution in [2.45, 2.75) is 13.5 Å². The molecule has 4 rings (SSSR count). The van der Waals surface area contributed by atoms with Crippen LogP contribution in [0.3, 0.4) is 0 Å². The summed E-state index contributed by atoms with van der Waals surface area (Å²) < 4.78 is 1.46. The van der Waals surface area contributed by atoms with Crippen molar-refractivity contribution < 1.29 is 4.79 Å². The molecule has 2 N–H and O–H groups in total. The minimum atomic E-state index is -0.279. The van der Waals surface area contributed by atoms with Gasteiger partial charge in [-0.2, -0.15) is 0 Å². The number of nitrogens with zero attached hydrogens (tertiary/aromatic N) is 3. The van der Waals surface area contributed by atoms with Gasteiger partial charge in [-0.3, -0.25) is 9.36 Å². The van der Waals surface area contributed by atoms with Gasteiger partial charge in [0.15, 0.2) is 0 Å². The molecular weight excluding hydrogens is 354 g/mol. The topological polar surface area (TPSA) is 73.4 Å². The Hall–Kier alpha value is -3.06. The van der Waals surface area contributed by atoms with E-state index < -0.39 is 0 Å². The molecule has 2 aromatic carbocycles. The van der Waals surface area contributed by atoms with Crippen LogP contribution in [0.15, 0.2) is 53.3 Å². The molecule has 0 bridgehead atoms. The van der Waals surface area contributed by atoms with Crippen molar-refractivity contribution in [1.29, 1.82) is 0 Å². The van der Waals surface area contributed by atoms with E-state index in [1.165, 1.54) is 4.57 Å². The molecule has 0 unspecified atom stereocenters. The summed E-state index contributed by atoms with van der Waals surface area (Å²) >= 11 is 0. The van der Waals surface area contributed by atoms with Gasteiger partial charge in [0, 0.05) is 37.6 Å². The van der Waals surface area contributed by atoms with Gasteiger partial charge in [0.25, 0.3) is 0 Å². The van der Waals surface area contributed by atoms with Crippen molar-refractivity contribution in [3.8, 4) is 0 Å². The van der Waals surface area contributed by atoms with Gasteiger partial charge in [0.2, 0.25) is 5.91 Å². The maximum Gasteiger partial charge on any atom is 0.326 e. The predicted molar refractivity (Wildman–Crippen MR) is 112 cm³/mol. The van der Waals surface area contributed by atoms with E-state index in [9.17, 15) is 9.59 Å². The van der Waals surface area contributed by atoms with E-state index in [0.717, 1.165) is 55.1 Å². The molecule has 0 saturated carbocycles. The molecule has 0 aliphatic carbocycles. The van der Waals surface area contributed by atoms with Crippen molar-refractivity contribution in [1.82, 2.24) is 14.5 Å². The maximum atomic E-state index is 12.5. The van der Waals surface area contributed by atoms with Crippen LogP contribution in [0.2, 0.25) is 0 Å². The van der Waals surface area contributed by atoms with E-state index in [0.29, 0.717) is 0 Å². The second-order valence-corrected chi connectivity index (χ2v) is 7.05. The Morgan fingerprint density at radius 3 is 2.64 bits per heavy atom. The zero-order valence-electron chi connectivity index (χ0n) is 16.0. The number of carbonyl (C=O) groups is 1. The molecule has 2 heterocycles. The molecule has 7 heteroatoms. The van der Waals surface area contributed by atoms with Crippen molar-refractivity contribution in [3.05, 3.63) is 59.0 Å². The highest BCUT2D eigenvalue weighted by molar-refractivity contribution is 5.92. The first-order chi connectivity index (χ1) is 13.6. The number of anilines is 2. The van der Waals surface area contributed by atoms with Crippen LogP contribution in [-0.2, 0) is 11.3 Å². The number of aromatic amines is 1. The van der Waals surface area contributed by atoms with E-state index in [4.69, 9.17) is 0 Å². The van der Waals surface area contributed by atoms with Crippen molar-refractivity contribution in [2.75, 3.05) is 42.9 Å². The lowest BCUT2D eigenvalue weighted by Gasteiger charge is -2.35. The summed E-state index contributed by atoms with van der Waals surface area (Å²) in [6.45, 7) is 7.31. The Labute approximate surface area is 163 Å². The minimum absolute atomic E-state index is 0.0255. The number of piperazine rings is 1. The number of aromatic nitrogens is 2. The summed E-state index contributed by atoms with van der Waals surface area (Å²) in [4.78, 5) is 32.2. The standard InChI is InChI=1S/C21H25N5O2/c1-2-24-10-12-25(13-11-24)17-7-5-6-16(14-17)22-20(27)15-26-19-9-4-3-8-18(19)23-21(26)28/h3-9,14H,2,10-13,15H2,1H3,(H,22,27)(H,23,28). The number of para-hydroxylation sites is 2. The molecular formula is C21H25N5O2. The maximum absolute atomic E-state index is 12.5. The van der Waals surface area contributed by atoms with Crippen LogP contribution in [0.5, 0.6) is 0 Å². The van der Waals surface area contributed by atoms with Crippen LogP contribution in [0, 0.1) is 0 Å². The third kappa shape index (κ3) is 3.80. The third-order valence-electron chi connectivity index (χ3n) is 5.30. The molecule has 1 aliphatic rings. The Balaban J connectivity index is 1.45. The Kier molecular flexibility index (Phi) is 5.16. The number of carbonyl (C=O) groups excluding carboxylic acids is 1. The summed E-state index contributed by atoms with van der Waals surface area (Å²) in [6.07, 6.45) is 0. The lowest BCUT2D eigenvalue weighted by atomic mass is 10.2. The predicted octanol–water partition coefficient (Wildman–Crippen LogP) is 2.11. The Morgan fingerprint density at radius 2 is 1.86 bits per heavy atom. The molecule has 0 spiro atoms. The third-order valence-corrected chi connectivity index (χ3v) is 5.30. The van der Waals surface area contributed by atoms with E-state index >= 15 is 0 Å². The van der Waals surface area contributed by atoms with E-state index in [1.807, 2.05) is 42.5 Å². The number of imidazole rings is 1. The van der Waals surface area contributed by atoms with Gasteiger partial charge in [0.05, 0.1) is 11.0 Å². The zero-order chi connectivity index (χ0) is 19.5. The SMILES string of the molecule is CCN1CCN(c2cccc(NC(=O)Cn3c(=O)[nH]c4ccccc43)c2)CC1. The lowest BCUT2D eigenvalue weighted by Crippen LogP contribution is -2.46. The molecule has 0 radical (unpaired) electrons. The van der Waals surface area contributed by atoms with Crippen molar-refractivity contribution in [2.24, 2.45) is 0 Å². The number of benzene rings is 2. The quantitative estimate of drug-likeness (QED) is 0.712. The first-order valence-electron chi connectivity index (χ1n) is 9.69. The number of hydrogen-bond donors (Lipinski definition) is 2. The van der Waals surface area contributed by atoms with Crippen LogP contribution in [0.4, 0.5) is 11.4 Å². The zero-order valence-corrected chi connectivity index (χ0v) is 16.0. The molecule has 1 fully saturated rings. The number of rotatable bonds is 5. The molecule has 1 aliphatic heterocycles. The molecule has 3 aromatic rings. The van der Waals surface area contributed by atoms with Gasteiger partial charge in [-0.25, -0.2) is 4.79 Å². The van der Waals surface area contributed by atoms with Crippen LogP contribution < -0.4 is 15.9 Å². The number of likely N-dealkylation sites (N-methyl/N-ethyl adjacent to an activating group) is 1. The largest absolute Gasteiger partial charge is 0.369 e. The van der Waals surface area contributed by atoms with E-state index in [-0.39, 0.29) is 18.1 Å². The first-order valence-corrected chi connectivity index (χ1v) is 9.69. The summed E-state index contributed by atoms with van der Waals surface area (Å²) in [5.74, 6) is -0.222. The normalized spacial score (nSPS) is 15.1. The molecule has 7 nitrogen and oxygen atoms in total. The van der Waals surface area contributed by atoms with Crippen molar-refractivity contribution >= 4 is 28.3 Å². The van der Waals surface area contributed by atoms with Crippen LogP contribution >= 0.6 is 0 Å². The highest BCUT2D eigenvalue weighted by Crippen LogP contribution is 2.21. The number of H-pyrrole nitrogens is 1. The molecule has 1 aromatic heterocycles. The van der Waals surface area contributed by atoms with Gasteiger partial charge in [0.1, 0.15) is 6.54 Å². The molecule has 1 amide bonds. The number of fused-ring (bicyclic) bond motifs is 1. The fraction of sp³-hybridized carbons (Fsp3) is 0.333. The van der Waals surface area contributed by atoms with Crippen LogP contribution in [0.25, 0.3) is 11.0 Å². The summed E-state index contributed by atoms with van der Waals surface area (Å²) in [6, 6.07) is 15.3. The van der Waals surface area contributed by atoms with E-state index in [2.05, 4.69) is 33.1 Å². The highest BCUT2D eigenvalue weighted by Gasteiger charge is 2.16. The van der Waals surface area contributed by atoms with Gasteiger partial charge in [-0.15, -0.1) is 0 Å². The molecule has 0 atom stereocenters. The van der Waals surface area contributed by atoms with E-state index in [1.54, 1.807) is 0 Å². The number of nitrogens with one attached hydrogen (secondary N) is 2. The Morgan fingerprint density at radius 1 is 1.07 bits per heavy atom. The molecule has 1 saturated heterocycles. The minimum Gasteiger partial charge on any atom is -0.369 e. The summed E-state index contributed by atoms with van der Waals surface area (Å²) in [5, 5.41) is 2.92. The molecule has 28 heavy (non-hydrogen) atoms. The summed E-state index contributed by atoms with van der Waals surface area (Å²) in [5.41, 5.74) is 3.03. The average molecular weight is 379 g/mol. The van der Waals surface area contributed by atoms with Gasteiger partial charge >= 0.3 is 5.69 Å².